The van der Waals surface area contributed by atoms with Crippen LogP contribution in [0.4, 0.5) is 0 Å². The summed E-state index contributed by atoms with van der Waals surface area (Å²) in [4.78, 5) is 0. The summed E-state index contributed by atoms with van der Waals surface area (Å²) in [5, 5.41) is 7.69. The second-order valence-electron chi connectivity index (χ2n) is 3.90. The number of hydrogen-bond acceptors (Lipinski definition) is 3. The van der Waals surface area contributed by atoms with Gasteiger partial charge >= 0.3 is 0 Å². The lowest BCUT2D eigenvalue weighted by Crippen LogP contribution is -2.12. The Kier molecular flexibility index (Phi) is 2.62. The van der Waals surface area contributed by atoms with Crippen LogP contribution in [0.3, 0.4) is 0 Å². The molecule has 1 aromatic heterocycles. The fourth-order valence-electron chi connectivity index (χ4n) is 2.18. The minimum atomic E-state index is 0.533. The minimum Gasteiger partial charge on any atom is -0.428 e. The summed E-state index contributed by atoms with van der Waals surface area (Å²) in [5.74, 6) is 2.30. The van der Waals surface area contributed by atoms with Crippen LogP contribution >= 0.6 is 0 Å². The number of aromatic nitrogens is 2. The van der Waals surface area contributed by atoms with Gasteiger partial charge in [0.15, 0.2) is 0 Å². The van der Waals surface area contributed by atoms with Crippen molar-refractivity contribution >= 4 is 0 Å². The van der Waals surface area contributed by atoms with Gasteiger partial charge in [-0.25, -0.2) is 0 Å². The zero-order valence-electron chi connectivity index (χ0n) is 8.07. The van der Waals surface area contributed by atoms with Crippen molar-refractivity contribution in [2.45, 2.75) is 44.9 Å². The summed E-state index contributed by atoms with van der Waals surface area (Å²) in [6.45, 7) is 2.28. The molecule has 72 valence electrons. The first-order valence-electron chi connectivity index (χ1n) is 5.16. The molecular weight excluding hydrogens is 164 g/mol. The highest BCUT2D eigenvalue weighted by molar-refractivity contribution is 4.91. The smallest absolute Gasteiger partial charge is 0.219 e. The summed E-state index contributed by atoms with van der Waals surface area (Å²) in [5.41, 5.74) is 0. The Morgan fingerprint density at radius 1 is 1.38 bits per heavy atom. The molecule has 0 aliphatic heterocycles. The van der Waals surface area contributed by atoms with Gasteiger partial charge in [-0.05, 0) is 31.6 Å². The van der Waals surface area contributed by atoms with Crippen molar-refractivity contribution in [3.63, 3.8) is 0 Å². The zero-order valence-corrected chi connectivity index (χ0v) is 8.07. The van der Waals surface area contributed by atoms with E-state index < -0.39 is 0 Å². The maximum atomic E-state index is 5.22. The van der Waals surface area contributed by atoms with Crippen molar-refractivity contribution in [1.29, 1.82) is 0 Å². The molecule has 0 radical (unpaired) electrons. The molecule has 0 aromatic carbocycles. The molecule has 3 nitrogen and oxygen atoms in total. The van der Waals surface area contributed by atoms with Gasteiger partial charge in [-0.2, -0.15) is 0 Å². The van der Waals surface area contributed by atoms with Crippen LogP contribution in [0.15, 0.2) is 10.8 Å². The van der Waals surface area contributed by atoms with E-state index in [1.807, 2.05) is 0 Å². The van der Waals surface area contributed by atoms with Gasteiger partial charge in [0.05, 0.1) is 0 Å². The first kappa shape index (κ1) is 8.73. The normalized spacial score (nSPS) is 29.0. The molecule has 0 bridgehead atoms. The van der Waals surface area contributed by atoms with E-state index in [9.17, 15) is 0 Å². The van der Waals surface area contributed by atoms with E-state index in [1.165, 1.54) is 38.5 Å². The van der Waals surface area contributed by atoms with Gasteiger partial charge in [0.1, 0.15) is 0 Å². The monoisotopic (exact) mass is 180 g/mol. The van der Waals surface area contributed by atoms with Crippen molar-refractivity contribution in [2.24, 2.45) is 5.92 Å². The lowest BCUT2D eigenvalue weighted by Gasteiger charge is -2.25. The summed E-state index contributed by atoms with van der Waals surface area (Å²) in [6, 6.07) is 0. The molecule has 13 heavy (non-hydrogen) atoms. The standard InChI is InChI=1S/C10H16N2O/c1-2-8-3-5-9(6-4-8)10-12-11-7-13-10/h7-9H,2-6H2,1H3/t8-,9-. The third-order valence-corrected chi connectivity index (χ3v) is 3.15. The molecule has 0 saturated heterocycles. The molecule has 3 heteroatoms. The summed E-state index contributed by atoms with van der Waals surface area (Å²) in [6.07, 6.45) is 7.84. The third-order valence-electron chi connectivity index (χ3n) is 3.15. The average molecular weight is 180 g/mol. The van der Waals surface area contributed by atoms with Crippen LogP contribution in [-0.2, 0) is 0 Å². The van der Waals surface area contributed by atoms with E-state index in [4.69, 9.17) is 4.42 Å². The van der Waals surface area contributed by atoms with Crippen LogP contribution in [0, 0.1) is 5.92 Å². The SMILES string of the molecule is CC[C@H]1CC[C@H](c2nnco2)CC1. The fraction of sp³-hybridized carbons (Fsp3) is 0.800. The van der Waals surface area contributed by atoms with E-state index in [2.05, 4.69) is 17.1 Å². The molecule has 2 rings (SSSR count). The highest BCUT2D eigenvalue weighted by Gasteiger charge is 2.24. The lowest BCUT2D eigenvalue weighted by atomic mass is 9.81. The maximum absolute atomic E-state index is 5.22. The molecule has 1 saturated carbocycles. The van der Waals surface area contributed by atoms with Gasteiger partial charge < -0.3 is 4.42 Å². The van der Waals surface area contributed by atoms with Gasteiger partial charge in [-0.1, -0.05) is 13.3 Å². The number of nitrogens with zero attached hydrogens (tertiary/aromatic N) is 2. The van der Waals surface area contributed by atoms with Crippen molar-refractivity contribution in [3.8, 4) is 0 Å². The second kappa shape index (κ2) is 3.90. The number of rotatable bonds is 2. The molecule has 1 heterocycles. The molecule has 1 aliphatic carbocycles. The first-order valence-corrected chi connectivity index (χ1v) is 5.16. The van der Waals surface area contributed by atoms with Crippen molar-refractivity contribution < 1.29 is 4.42 Å². The van der Waals surface area contributed by atoms with Crippen LogP contribution < -0.4 is 0 Å². The Bertz CT molecular complexity index is 237. The highest BCUT2D eigenvalue weighted by Crippen LogP contribution is 2.35. The maximum Gasteiger partial charge on any atom is 0.219 e. The second-order valence-corrected chi connectivity index (χ2v) is 3.90. The largest absolute Gasteiger partial charge is 0.428 e. The van der Waals surface area contributed by atoms with E-state index in [-0.39, 0.29) is 0 Å². The van der Waals surface area contributed by atoms with Gasteiger partial charge in [-0.3, -0.25) is 0 Å². The minimum absolute atomic E-state index is 0.533. The van der Waals surface area contributed by atoms with Crippen LogP contribution in [0.2, 0.25) is 0 Å². The molecular formula is C10H16N2O. The molecule has 1 aliphatic rings. The van der Waals surface area contributed by atoms with Gasteiger partial charge in [0.2, 0.25) is 12.3 Å². The van der Waals surface area contributed by atoms with Crippen molar-refractivity contribution in [3.05, 3.63) is 12.3 Å². The molecule has 0 amide bonds. The molecule has 1 aromatic rings. The Morgan fingerprint density at radius 2 is 2.15 bits per heavy atom. The van der Waals surface area contributed by atoms with Crippen LogP contribution in [0.1, 0.15) is 50.8 Å². The summed E-state index contributed by atoms with van der Waals surface area (Å²) < 4.78 is 5.22. The van der Waals surface area contributed by atoms with Crippen LogP contribution in [-0.4, -0.2) is 10.2 Å². The van der Waals surface area contributed by atoms with E-state index >= 15 is 0 Å². The Hall–Kier alpha value is -0.860. The third kappa shape index (κ3) is 1.90. The zero-order chi connectivity index (χ0) is 9.10. The number of hydrogen-bond donors (Lipinski definition) is 0. The average Bonchev–Trinajstić information content (AvgIpc) is 2.71. The van der Waals surface area contributed by atoms with Gasteiger partial charge in [0, 0.05) is 5.92 Å². The van der Waals surface area contributed by atoms with Gasteiger partial charge in [-0.15, -0.1) is 10.2 Å². The summed E-state index contributed by atoms with van der Waals surface area (Å²) >= 11 is 0. The Balaban J connectivity index is 1.92. The van der Waals surface area contributed by atoms with Crippen molar-refractivity contribution in [2.75, 3.05) is 0 Å². The lowest BCUT2D eigenvalue weighted by molar-refractivity contribution is 0.287. The van der Waals surface area contributed by atoms with E-state index in [0.29, 0.717) is 5.92 Å². The predicted octanol–water partition coefficient (Wildman–Crippen LogP) is 2.75. The summed E-state index contributed by atoms with van der Waals surface area (Å²) in [7, 11) is 0. The van der Waals surface area contributed by atoms with Crippen LogP contribution in [0.25, 0.3) is 0 Å². The molecule has 1 fully saturated rings. The van der Waals surface area contributed by atoms with E-state index in [0.717, 1.165) is 11.8 Å². The molecule has 0 spiro atoms. The van der Waals surface area contributed by atoms with Crippen molar-refractivity contribution in [1.82, 2.24) is 10.2 Å². The highest BCUT2D eigenvalue weighted by atomic mass is 16.4. The quantitative estimate of drug-likeness (QED) is 0.702. The first-order chi connectivity index (χ1) is 6.40. The topological polar surface area (TPSA) is 38.9 Å². The molecule has 0 N–H and O–H groups in total. The molecule has 0 unspecified atom stereocenters. The fourth-order valence-corrected chi connectivity index (χ4v) is 2.18. The van der Waals surface area contributed by atoms with Crippen LogP contribution in [0.5, 0.6) is 0 Å². The molecule has 0 atom stereocenters. The predicted molar refractivity (Wildman–Crippen MR) is 49.3 cm³/mol. The van der Waals surface area contributed by atoms with E-state index in [1.54, 1.807) is 0 Å². The van der Waals surface area contributed by atoms with Gasteiger partial charge in [0.25, 0.3) is 0 Å². The Morgan fingerprint density at radius 3 is 2.69 bits per heavy atom. The Labute approximate surface area is 78.5 Å².